The van der Waals surface area contributed by atoms with Gasteiger partial charge in [-0.3, -0.25) is 4.79 Å². The zero-order chi connectivity index (χ0) is 17.0. The smallest absolute Gasteiger partial charge is 0.244 e. The van der Waals surface area contributed by atoms with Gasteiger partial charge in [-0.25, -0.2) is 0 Å². The van der Waals surface area contributed by atoms with E-state index in [1.807, 2.05) is 48.5 Å². The van der Waals surface area contributed by atoms with Crippen LogP contribution < -0.4 is 11.1 Å². The number of nitrogens with two attached hydrogens (primary N) is 1. The van der Waals surface area contributed by atoms with E-state index < -0.39 is 5.54 Å². The molecule has 0 unspecified atom stereocenters. The van der Waals surface area contributed by atoms with E-state index in [2.05, 4.69) is 5.32 Å². The van der Waals surface area contributed by atoms with E-state index in [0.717, 1.165) is 15.5 Å². The monoisotopic (exact) mass is 362 g/mol. The molecule has 2 aromatic carbocycles. The zero-order valence-corrected chi connectivity index (χ0v) is 14.7. The Hall–Kier alpha value is -1.53. The standard InChI is InChI=1S/C18H19ClN2O2S/c19-13-4-6-15(7-5-13)24-16-3-1-2-14(12-16)21-17(22)18(20)8-10-23-11-9-18/h1-7,12H,8-11,20H2,(H,21,22). The van der Waals surface area contributed by atoms with Crippen LogP contribution in [0.4, 0.5) is 5.69 Å². The van der Waals surface area contributed by atoms with Gasteiger partial charge >= 0.3 is 0 Å². The molecule has 0 saturated carbocycles. The highest BCUT2D eigenvalue weighted by Crippen LogP contribution is 2.30. The number of carbonyl (C=O) groups excluding carboxylic acids is 1. The number of ether oxygens (including phenoxy) is 1. The van der Waals surface area contributed by atoms with E-state index in [4.69, 9.17) is 22.1 Å². The molecule has 3 rings (SSSR count). The van der Waals surface area contributed by atoms with Crippen molar-refractivity contribution in [3.05, 3.63) is 53.6 Å². The molecule has 1 fully saturated rings. The summed E-state index contributed by atoms with van der Waals surface area (Å²) in [4.78, 5) is 14.6. The van der Waals surface area contributed by atoms with E-state index >= 15 is 0 Å². The summed E-state index contributed by atoms with van der Waals surface area (Å²) in [5, 5.41) is 3.65. The predicted molar refractivity (Wildman–Crippen MR) is 97.6 cm³/mol. The number of hydrogen-bond acceptors (Lipinski definition) is 4. The molecule has 0 radical (unpaired) electrons. The Labute approximate surface area is 150 Å². The fraction of sp³-hybridized carbons (Fsp3) is 0.278. The van der Waals surface area contributed by atoms with Crippen molar-refractivity contribution in [2.75, 3.05) is 18.5 Å². The molecule has 24 heavy (non-hydrogen) atoms. The minimum atomic E-state index is -0.850. The fourth-order valence-electron chi connectivity index (χ4n) is 2.49. The summed E-state index contributed by atoms with van der Waals surface area (Å²) in [5.74, 6) is -0.153. The molecule has 2 aromatic rings. The van der Waals surface area contributed by atoms with Crippen LogP contribution in [0.15, 0.2) is 58.3 Å². The summed E-state index contributed by atoms with van der Waals surface area (Å²) in [5.41, 5.74) is 6.11. The van der Waals surface area contributed by atoms with Crippen LogP contribution in [0.25, 0.3) is 0 Å². The Morgan fingerprint density at radius 1 is 1.12 bits per heavy atom. The largest absolute Gasteiger partial charge is 0.381 e. The lowest BCUT2D eigenvalue weighted by Gasteiger charge is -2.31. The predicted octanol–water partition coefficient (Wildman–Crippen LogP) is 3.94. The van der Waals surface area contributed by atoms with Crippen molar-refractivity contribution < 1.29 is 9.53 Å². The van der Waals surface area contributed by atoms with Gasteiger partial charge in [0, 0.05) is 33.7 Å². The highest BCUT2D eigenvalue weighted by Gasteiger charge is 2.35. The molecule has 1 heterocycles. The SMILES string of the molecule is NC1(C(=O)Nc2cccc(Sc3ccc(Cl)cc3)c2)CCOCC1. The van der Waals surface area contributed by atoms with E-state index in [0.29, 0.717) is 31.1 Å². The molecule has 0 aromatic heterocycles. The quantitative estimate of drug-likeness (QED) is 0.864. The molecule has 1 amide bonds. The van der Waals surface area contributed by atoms with Crippen LogP contribution in [0, 0.1) is 0 Å². The normalized spacial score (nSPS) is 16.6. The van der Waals surface area contributed by atoms with E-state index in [-0.39, 0.29) is 5.91 Å². The van der Waals surface area contributed by atoms with Crippen molar-refractivity contribution in [1.82, 2.24) is 0 Å². The lowest BCUT2D eigenvalue weighted by Crippen LogP contribution is -2.54. The molecular weight excluding hydrogens is 344 g/mol. The lowest BCUT2D eigenvalue weighted by atomic mass is 9.90. The summed E-state index contributed by atoms with van der Waals surface area (Å²) < 4.78 is 5.29. The first-order valence-corrected chi connectivity index (χ1v) is 8.96. The third kappa shape index (κ3) is 4.30. The highest BCUT2D eigenvalue weighted by molar-refractivity contribution is 7.99. The van der Waals surface area contributed by atoms with Gasteiger partial charge in [-0.05, 0) is 55.3 Å². The maximum Gasteiger partial charge on any atom is 0.244 e. The van der Waals surface area contributed by atoms with Gasteiger partial charge in [0.2, 0.25) is 5.91 Å². The van der Waals surface area contributed by atoms with Gasteiger partial charge in [0.1, 0.15) is 5.54 Å². The van der Waals surface area contributed by atoms with Crippen LogP contribution in [0.2, 0.25) is 5.02 Å². The minimum Gasteiger partial charge on any atom is -0.381 e. The summed E-state index contributed by atoms with van der Waals surface area (Å²) in [6.45, 7) is 1.05. The number of nitrogens with one attached hydrogen (secondary N) is 1. The van der Waals surface area contributed by atoms with Gasteiger partial charge in [0.15, 0.2) is 0 Å². The molecule has 1 aliphatic rings. The van der Waals surface area contributed by atoms with Crippen LogP contribution in [0.5, 0.6) is 0 Å². The van der Waals surface area contributed by atoms with Crippen molar-refractivity contribution >= 4 is 35.0 Å². The van der Waals surface area contributed by atoms with Gasteiger partial charge in [-0.1, -0.05) is 29.4 Å². The van der Waals surface area contributed by atoms with Crippen LogP contribution in [0.3, 0.4) is 0 Å². The van der Waals surface area contributed by atoms with Gasteiger partial charge in [0.05, 0.1) is 0 Å². The van der Waals surface area contributed by atoms with Crippen LogP contribution in [-0.2, 0) is 9.53 Å². The van der Waals surface area contributed by atoms with Crippen LogP contribution in [-0.4, -0.2) is 24.7 Å². The first-order valence-electron chi connectivity index (χ1n) is 7.77. The van der Waals surface area contributed by atoms with Crippen molar-refractivity contribution in [2.45, 2.75) is 28.2 Å². The molecule has 0 atom stereocenters. The third-order valence-electron chi connectivity index (χ3n) is 3.98. The molecule has 3 N–H and O–H groups in total. The Morgan fingerprint density at radius 3 is 2.54 bits per heavy atom. The van der Waals surface area contributed by atoms with Crippen molar-refractivity contribution in [3.63, 3.8) is 0 Å². The molecule has 0 spiro atoms. The molecule has 126 valence electrons. The van der Waals surface area contributed by atoms with Crippen molar-refractivity contribution in [2.24, 2.45) is 5.73 Å². The number of halogens is 1. The molecule has 4 nitrogen and oxygen atoms in total. The Morgan fingerprint density at radius 2 is 1.83 bits per heavy atom. The van der Waals surface area contributed by atoms with Gasteiger partial charge in [-0.15, -0.1) is 0 Å². The average molecular weight is 363 g/mol. The molecular formula is C18H19ClN2O2S. The number of rotatable bonds is 4. The number of carbonyl (C=O) groups is 1. The second-order valence-electron chi connectivity index (χ2n) is 5.81. The second-order valence-corrected chi connectivity index (χ2v) is 7.39. The highest BCUT2D eigenvalue weighted by atomic mass is 35.5. The Bertz CT molecular complexity index is 715. The summed E-state index contributed by atoms with van der Waals surface area (Å²) in [6, 6.07) is 15.4. The lowest BCUT2D eigenvalue weighted by molar-refractivity contribution is -0.124. The van der Waals surface area contributed by atoms with E-state index in [9.17, 15) is 4.79 Å². The number of benzene rings is 2. The van der Waals surface area contributed by atoms with E-state index in [1.165, 1.54) is 0 Å². The Kier molecular flexibility index (Phi) is 5.46. The second kappa shape index (κ2) is 7.57. The maximum absolute atomic E-state index is 12.5. The summed E-state index contributed by atoms with van der Waals surface area (Å²) >= 11 is 7.52. The van der Waals surface area contributed by atoms with Crippen molar-refractivity contribution in [1.29, 1.82) is 0 Å². The first-order chi connectivity index (χ1) is 11.5. The van der Waals surface area contributed by atoms with E-state index in [1.54, 1.807) is 11.8 Å². The topological polar surface area (TPSA) is 64.4 Å². The number of anilines is 1. The Balaban J connectivity index is 1.68. The third-order valence-corrected chi connectivity index (χ3v) is 5.23. The molecule has 0 bridgehead atoms. The molecule has 1 saturated heterocycles. The first kappa shape index (κ1) is 17.3. The number of hydrogen-bond donors (Lipinski definition) is 2. The zero-order valence-electron chi connectivity index (χ0n) is 13.1. The van der Waals surface area contributed by atoms with Crippen LogP contribution in [0.1, 0.15) is 12.8 Å². The van der Waals surface area contributed by atoms with Crippen molar-refractivity contribution in [3.8, 4) is 0 Å². The summed E-state index contributed by atoms with van der Waals surface area (Å²) in [7, 11) is 0. The molecule has 0 aliphatic carbocycles. The fourth-order valence-corrected chi connectivity index (χ4v) is 3.50. The van der Waals surface area contributed by atoms with Gasteiger partial charge < -0.3 is 15.8 Å². The summed E-state index contributed by atoms with van der Waals surface area (Å²) in [6.07, 6.45) is 1.08. The molecule has 1 aliphatic heterocycles. The van der Waals surface area contributed by atoms with Gasteiger partial charge in [0.25, 0.3) is 0 Å². The maximum atomic E-state index is 12.5. The van der Waals surface area contributed by atoms with Gasteiger partial charge in [-0.2, -0.15) is 0 Å². The molecule has 6 heteroatoms. The average Bonchev–Trinajstić information content (AvgIpc) is 2.58. The minimum absolute atomic E-state index is 0.153. The van der Waals surface area contributed by atoms with Crippen LogP contribution >= 0.6 is 23.4 Å². The number of amides is 1.